The number of carbonyl (C=O) groups is 2. The summed E-state index contributed by atoms with van der Waals surface area (Å²) in [4.78, 5) is 30.3. The monoisotopic (exact) mass is 475 g/mol. The second-order valence-electron chi connectivity index (χ2n) is 8.03. The molecule has 1 aliphatic rings. The average molecular weight is 475 g/mol. The third-order valence-corrected chi connectivity index (χ3v) is 5.85. The SMILES string of the molecule is COC(=O)N1CC(c2nc(-c3cc(F)c(C)c(NC(=O)c4cnn5cc(C#N)ccc45)c3)no2)C1. The normalized spacial score (nSPS) is 13.4. The van der Waals surface area contributed by atoms with Gasteiger partial charge in [-0.2, -0.15) is 15.3 Å². The first kappa shape index (κ1) is 22.0. The van der Waals surface area contributed by atoms with E-state index in [0.29, 0.717) is 35.6 Å². The minimum atomic E-state index is -0.553. The lowest BCUT2D eigenvalue weighted by molar-refractivity contribution is 0.0804. The van der Waals surface area contributed by atoms with Crippen molar-refractivity contribution in [3.8, 4) is 17.5 Å². The van der Waals surface area contributed by atoms with E-state index >= 15 is 0 Å². The third kappa shape index (κ3) is 3.93. The number of fused-ring (bicyclic) bond motifs is 1. The number of methoxy groups -OCH3 is 1. The summed E-state index contributed by atoms with van der Waals surface area (Å²) >= 11 is 0. The number of nitrogens with zero attached hydrogens (tertiary/aromatic N) is 6. The van der Waals surface area contributed by atoms with Crippen molar-refractivity contribution in [1.29, 1.82) is 5.26 Å². The van der Waals surface area contributed by atoms with E-state index in [4.69, 9.17) is 9.78 Å². The van der Waals surface area contributed by atoms with Gasteiger partial charge in [0.25, 0.3) is 5.91 Å². The minimum absolute atomic E-state index is 0.137. The Bertz CT molecular complexity index is 1510. The Kier molecular flexibility index (Phi) is 5.37. The summed E-state index contributed by atoms with van der Waals surface area (Å²) in [5.41, 5.74) is 1.96. The molecule has 1 N–H and O–H groups in total. The van der Waals surface area contributed by atoms with Crippen LogP contribution in [0, 0.1) is 24.1 Å². The van der Waals surface area contributed by atoms with Crippen LogP contribution in [0.4, 0.5) is 14.9 Å². The van der Waals surface area contributed by atoms with Crippen LogP contribution in [-0.4, -0.2) is 56.9 Å². The van der Waals surface area contributed by atoms with Gasteiger partial charge in [0.1, 0.15) is 11.9 Å². The van der Waals surface area contributed by atoms with Gasteiger partial charge in [-0.05, 0) is 31.2 Å². The van der Waals surface area contributed by atoms with Crippen LogP contribution in [-0.2, 0) is 4.74 Å². The molecule has 12 heteroatoms. The Morgan fingerprint density at radius 3 is 2.86 bits per heavy atom. The fourth-order valence-corrected chi connectivity index (χ4v) is 3.78. The quantitative estimate of drug-likeness (QED) is 0.475. The number of hydrogen-bond donors (Lipinski definition) is 1. The van der Waals surface area contributed by atoms with Gasteiger partial charge in [-0.25, -0.2) is 13.7 Å². The number of anilines is 1. The Labute approximate surface area is 197 Å². The molecule has 176 valence electrons. The zero-order valence-corrected chi connectivity index (χ0v) is 18.6. The molecule has 2 amide bonds. The number of pyridine rings is 1. The summed E-state index contributed by atoms with van der Waals surface area (Å²) in [5, 5.41) is 19.8. The van der Waals surface area contributed by atoms with Crippen molar-refractivity contribution in [1.82, 2.24) is 24.7 Å². The van der Waals surface area contributed by atoms with Gasteiger partial charge >= 0.3 is 6.09 Å². The molecule has 1 saturated heterocycles. The number of hydrogen-bond acceptors (Lipinski definition) is 8. The number of nitriles is 1. The first-order valence-corrected chi connectivity index (χ1v) is 10.5. The predicted octanol–water partition coefficient (Wildman–Crippen LogP) is 3.12. The number of ether oxygens (including phenoxy) is 1. The number of amides is 2. The summed E-state index contributed by atoms with van der Waals surface area (Å²) in [6, 6.07) is 8.04. The largest absolute Gasteiger partial charge is 0.453 e. The average Bonchev–Trinajstić information content (AvgIpc) is 3.47. The summed E-state index contributed by atoms with van der Waals surface area (Å²) < 4.78 is 26.2. The van der Waals surface area contributed by atoms with Crippen molar-refractivity contribution in [3.63, 3.8) is 0 Å². The van der Waals surface area contributed by atoms with Gasteiger partial charge in [0.05, 0.1) is 35.9 Å². The molecule has 0 bridgehead atoms. The highest BCUT2D eigenvalue weighted by Crippen LogP contribution is 2.30. The van der Waals surface area contributed by atoms with E-state index in [1.807, 2.05) is 6.07 Å². The summed E-state index contributed by atoms with van der Waals surface area (Å²) in [6.07, 6.45) is 2.46. The van der Waals surface area contributed by atoms with Gasteiger partial charge in [0, 0.05) is 36.1 Å². The van der Waals surface area contributed by atoms with Crippen LogP contribution >= 0.6 is 0 Å². The van der Waals surface area contributed by atoms with Gasteiger partial charge in [-0.1, -0.05) is 5.16 Å². The lowest BCUT2D eigenvalue weighted by atomic mass is 10.0. The van der Waals surface area contributed by atoms with Crippen LogP contribution in [0.25, 0.3) is 16.9 Å². The van der Waals surface area contributed by atoms with E-state index in [0.717, 1.165) is 0 Å². The fraction of sp³-hybridized carbons (Fsp3) is 0.217. The van der Waals surface area contributed by atoms with Gasteiger partial charge in [-0.3, -0.25) is 4.79 Å². The van der Waals surface area contributed by atoms with Crippen LogP contribution in [0.3, 0.4) is 0 Å². The molecule has 1 fully saturated rings. The van der Waals surface area contributed by atoms with Crippen molar-refractivity contribution < 1.29 is 23.2 Å². The van der Waals surface area contributed by atoms with Crippen LogP contribution < -0.4 is 5.32 Å². The molecule has 3 aromatic heterocycles. The van der Waals surface area contributed by atoms with Crippen molar-refractivity contribution in [2.45, 2.75) is 12.8 Å². The molecule has 1 aromatic carbocycles. The first-order valence-electron chi connectivity index (χ1n) is 10.5. The van der Waals surface area contributed by atoms with Crippen molar-refractivity contribution in [2.75, 3.05) is 25.5 Å². The molecule has 0 aliphatic carbocycles. The molecule has 0 spiro atoms. The second-order valence-corrected chi connectivity index (χ2v) is 8.03. The lowest BCUT2D eigenvalue weighted by Crippen LogP contribution is -2.48. The number of aromatic nitrogens is 4. The van der Waals surface area contributed by atoms with E-state index < -0.39 is 17.8 Å². The first-order chi connectivity index (χ1) is 16.9. The Hall–Kier alpha value is -4.79. The highest BCUT2D eigenvalue weighted by Gasteiger charge is 2.36. The smallest absolute Gasteiger partial charge is 0.409 e. The summed E-state index contributed by atoms with van der Waals surface area (Å²) in [7, 11) is 1.31. The molecule has 0 saturated carbocycles. The highest BCUT2D eigenvalue weighted by atomic mass is 19.1. The van der Waals surface area contributed by atoms with Crippen molar-refractivity contribution >= 4 is 23.2 Å². The number of carbonyl (C=O) groups excluding carboxylic acids is 2. The van der Waals surface area contributed by atoms with Crippen LogP contribution in [0.15, 0.2) is 41.2 Å². The molecule has 4 heterocycles. The third-order valence-electron chi connectivity index (χ3n) is 5.85. The van der Waals surface area contributed by atoms with Crippen molar-refractivity contribution in [3.05, 3.63) is 65.1 Å². The molecule has 1 aliphatic heterocycles. The van der Waals surface area contributed by atoms with Crippen LogP contribution in [0.5, 0.6) is 0 Å². The maximum absolute atomic E-state index is 14.7. The standard InChI is InChI=1S/C23H18FN7O4/c1-12-17(24)5-14(20-28-22(35-29-20)15-10-30(11-15)23(33)34-2)6-18(12)27-21(32)16-8-26-31-9-13(7-25)3-4-19(16)31/h3-6,8-9,15H,10-11H2,1-2H3,(H,27,32). The van der Waals surface area contributed by atoms with Crippen LogP contribution in [0.2, 0.25) is 0 Å². The van der Waals surface area contributed by atoms with Gasteiger partial charge < -0.3 is 19.5 Å². The number of benzene rings is 1. The number of nitrogens with one attached hydrogen (secondary N) is 1. The van der Waals surface area contributed by atoms with Gasteiger partial charge in [0.15, 0.2) is 0 Å². The molecular formula is C23H18FN7O4. The molecule has 0 unspecified atom stereocenters. The van der Waals surface area contributed by atoms with E-state index in [1.165, 1.54) is 35.0 Å². The molecule has 0 radical (unpaired) electrons. The zero-order chi connectivity index (χ0) is 24.7. The molecule has 11 nitrogen and oxygen atoms in total. The predicted molar refractivity (Wildman–Crippen MR) is 119 cm³/mol. The van der Waals surface area contributed by atoms with Crippen LogP contribution in [0.1, 0.15) is 33.3 Å². The Morgan fingerprint density at radius 1 is 1.31 bits per heavy atom. The van der Waals surface area contributed by atoms with E-state index in [9.17, 15) is 14.0 Å². The lowest BCUT2D eigenvalue weighted by Gasteiger charge is -2.35. The van der Waals surface area contributed by atoms with Gasteiger partial charge in [0.2, 0.25) is 11.7 Å². The van der Waals surface area contributed by atoms with E-state index in [-0.39, 0.29) is 28.6 Å². The minimum Gasteiger partial charge on any atom is -0.453 e. The molecule has 5 rings (SSSR count). The Morgan fingerprint density at radius 2 is 2.11 bits per heavy atom. The molecule has 35 heavy (non-hydrogen) atoms. The van der Waals surface area contributed by atoms with Crippen molar-refractivity contribution in [2.24, 2.45) is 0 Å². The number of likely N-dealkylation sites (tertiary alicyclic amines) is 1. The fourth-order valence-electron chi connectivity index (χ4n) is 3.78. The van der Waals surface area contributed by atoms with Gasteiger partial charge in [-0.15, -0.1) is 0 Å². The molecular weight excluding hydrogens is 457 g/mol. The topological polar surface area (TPSA) is 139 Å². The Balaban J connectivity index is 1.38. The maximum atomic E-state index is 14.7. The molecule has 4 aromatic rings. The molecule has 0 atom stereocenters. The second kappa shape index (κ2) is 8.53. The maximum Gasteiger partial charge on any atom is 0.409 e. The zero-order valence-electron chi connectivity index (χ0n) is 18.6. The summed E-state index contributed by atoms with van der Waals surface area (Å²) in [6.45, 7) is 2.31. The van der Waals surface area contributed by atoms with E-state index in [2.05, 4.69) is 25.3 Å². The van der Waals surface area contributed by atoms with E-state index in [1.54, 1.807) is 25.1 Å². The number of rotatable bonds is 4. The summed E-state index contributed by atoms with van der Waals surface area (Å²) in [5.74, 6) is -0.693. The number of halogens is 1. The highest BCUT2D eigenvalue weighted by molar-refractivity contribution is 6.09.